The van der Waals surface area contributed by atoms with Crippen LogP contribution < -0.4 is 21.7 Å². The largest absolute Gasteiger partial charge is 0.496 e. The first-order valence-corrected chi connectivity index (χ1v) is 11.3. The van der Waals surface area contributed by atoms with Crippen molar-refractivity contribution in [3.8, 4) is 5.75 Å². The molecule has 0 aliphatic carbocycles. The highest BCUT2D eigenvalue weighted by molar-refractivity contribution is 7.80. The van der Waals surface area contributed by atoms with Crippen molar-refractivity contribution in [1.29, 1.82) is 0 Å². The van der Waals surface area contributed by atoms with Gasteiger partial charge in [0.25, 0.3) is 0 Å². The number of hydroxylamine groups is 1. The highest BCUT2D eigenvalue weighted by Crippen LogP contribution is 2.29. The van der Waals surface area contributed by atoms with E-state index in [-0.39, 0.29) is 5.96 Å². The molecule has 3 unspecified atom stereocenters. The van der Waals surface area contributed by atoms with Gasteiger partial charge in [0, 0.05) is 24.2 Å². The topological polar surface area (TPSA) is 145 Å². The number of hydrogen-bond donors (Lipinski definition) is 4. The maximum atomic E-state index is 12.6. The number of benzene rings is 1. The van der Waals surface area contributed by atoms with E-state index >= 15 is 0 Å². The molecule has 0 saturated heterocycles. The molecule has 3 atom stereocenters. The van der Waals surface area contributed by atoms with Crippen LogP contribution in [-0.4, -0.2) is 40.0 Å². The second-order valence-corrected chi connectivity index (χ2v) is 8.75. The molecule has 2 aromatic rings. The minimum absolute atomic E-state index is 0.0120. The second-order valence-electron chi connectivity index (χ2n) is 6.78. The van der Waals surface area contributed by atoms with Crippen molar-refractivity contribution in [2.75, 3.05) is 13.7 Å². The van der Waals surface area contributed by atoms with Gasteiger partial charge in [-0.25, -0.2) is 14.7 Å². The van der Waals surface area contributed by atoms with Crippen molar-refractivity contribution in [1.82, 2.24) is 10.5 Å². The van der Waals surface area contributed by atoms with Crippen molar-refractivity contribution < 1.29 is 18.3 Å². The van der Waals surface area contributed by atoms with Crippen LogP contribution in [-0.2, 0) is 15.4 Å². The molecule has 2 rings (SSSR count). The second kappa shape index (κ2) is 11.4. The fraction of sp³-hybridized carbons (Fsp3) is 0.474. The normalized spacial score (nSPS) is 14.9. The molecule has 0 spiro atoms. The number of nitrogens with one attached hydrogen (secondary N) is 1. The number of hydrogen-bond acceptors (Lipinski definition) is 8. The van der Waals surface area contributed by atoms with Crippen LogP contribution in [0, 0.1) is 20.8 Å². The molecule has 6 N–H and O–H groups in total. The van der Waals surface area contributed by atoms with Crippen LogP contribution in [0.15, 0.2) is 27.5 Å². The summed E-state index contributed by atoms with van der Waals surface area (Å²) in [5.74, 6) is 0.746. The van der Waals surface area contributed by atoms with Crippen LogP contribution in [0.2, 0.25) is 0 Å². The monoisotopic (exact) mass is 455 g/mol. The standard InChI is InChI=1S/C19H29N5O4S2/c1-11-10-15(27-4)12(2)13(3)17(11)30(26)28-24-19(21)23-7-5-6-14(20)16(25)18-22-8-9-29-18/h8-10,14,16,25H,5-7,20H2,1-4H3,(H3,21,23,24). The predicted octanol–water partition coefficient (Wildman–Crippen LogP) is 1.78. The van der Waals surface area contributed by atoms with E-state index in [0.717, 1.165) is 22.4 Å². The highest BCUT2D eigenvalue weighted by atomic mass is 32.2. The van der Waals surface area contributed by atoms with E-state index in [9.17, 15) is 9.32 Å². The summed E-state index contributed by atoms with van der Waals surface area (Å²) in [7, 11) is 1.60. The molecule has 1 aromatic heterocycles. The first kappa shape index (κ1) is 24.2. The predicted molar refractivity (Wildman–Crippen MR) is 119 cm³/mol. The molecule has 11 heteroatoms. The van der Waals surface area contributed by atoms with Gasteiger partial charge in [-0.1, -0.05) is 0 Å². The van der Waals surface area contributed by atoms with Crippen LogP contribution >= 0.6 is 11.3 Å². The van der Waals surface area contributed by atoms with Gasteiger partial charge in [0.1, 0.15) is 16.9 Å². The zero-order valence-electron chi connectivity index (χ0n) is 17.5. The van der Waals surface area contributed by atoms with E-state index in [0.29, 0.717) is 29.3 Å². The molecular formula is C19H29N5O4S2. The molecule has 166 valence electrons. The number of aromatic nitrogens is 1. The Morgan fingerprint density at radius 1 is 1.40 bits per heavy atom. The molecule has 0 fully saturated rings. The van der Waals surface area contributed by atoms with Crippen LogP contribution in [0.3, 0.4) is 0 Å². The maximum Gasteiger partial charge on any atom is 0.214 e. The third-order valence-corrected chi connectivity index (χ3v) is 6.72. The summed E-state index contributed by atoms with van der Waals surface area (Å²) in [6.07, 6.45) is 2.00. The Balaban J connectivity index is 1.82. The van der Waals surface area contributed by atoms with Gasteiger partial charge in [0.15, 0.2) is 0 Å². The van der Waals surface area contributed by atoms with E-state index in [2.05, 4.69) is 15.5 Å². The van der Waals surface area contributed by atoms with Gasteiger partial charge in [-0.3, -0.25) is 4.99 Å². The lowest BCUT2D eigenvalue weighted by Crippen LogP contribution is -2.33. The van der Waals surface area contributed by atoms with Gasteiger partial charge in [0.2, 0.25) is 17.0 Å². The first-order chi connectivity index (χ1) is 14.3. The smallest absolute Gasteiger partial charge is 0.214 e. The molecule has 0 aliphatic heterocycles. The number of aryl methyl sites for hydroxylation is 1. The molecule has 30 heavy (non-hydrogen) atoms. The van der Waals surface area contributed by atoms with Crippen LogP contribution in [0.1, 0.15) is 40.6 Å². The lowest BCUT2D eigenvalue weighted by molar-refractivity contribution is 0.141. The number of guanidine groups is 1. The lowest BCUT2D eigenvalue weighted by Gasteiger charge is -2.16. The Bertz CT molecular complexity index is 890. The molecule has 1 aromatic carbocycles. The van der Waals surface area contributed by atoms with Gasteiger partial charge < -0.3 is 21.3 Å². The Kier molecular flexibility index (Phi) is 9.18. The average molecular weight is 456 g/mol. The Labute approximate surface area is 183 Å². The van der Waals surface area contributed by atoms with E-state index < -0.39 is 23.2 Å². The fourth-order valence-electron chi connectivity index (χ4n) is 2.89. The third-order valence-electron chi connectivity index (χ3n) is 4.67. The van der Waals surface area contributed by atoms with Crippen LogP contribution in [0.5, 0.6) is 5.75 Å². The van der Waals surface area contributed by atoms with E-state index in [1.807, 2.05) is 26.8 Å². The first-order valence-electron chi connectivity index (χ1n) is 9.39. The summed E-state index contributed by atoms with van der Waals surface area (Å²) >= 11 is -0.407. The van der Waals surface area contributed by atoms with E-state index in [4.69, 9.17) is 20.5 Å². The van der Waals surface area contributed by atoms with Crippen LogP contribution in [0.25, 0.3) is 0 Å². The summed E-state index contributed by atoms with van der Waals surface area (Å²) in [5.41, 5.74) is 16.7. The number of nitrogens with zero attached hydrogens (tertiary/aromatic N) is 2. The number of aliphatic imine (C=N–C) groups is 1. The molecule has 9 nitrogen and oxygen atoms in total. The highest BCUT2D eigenvalue weighted by Gasteiger charge is 2.19. The molecule has 0 aliphatic rings. The van der Waals surface area contributed by atoms with Crippen LogP contribution in [0.4, 0.5) is 0 Å². The van der Waals surface area contributed by atoms with Crippen molar-refractivity contribution in [3.05, 3.63) is 39.3 Å². The van der Waals surface area contributed by atoms with Gasteiger partial charge in [0.05, 0.1) is 12.0 Å². The third kappa shape index (κ3) is 6.22. The Morgan fingerprint density at radius 3 is 2.77 bits per heavy atom. The number of nitrogens with two attached hydrogens (primary N) is 2. The Morgan fingerprint density at radius 2 is 2.13 bits per heavy atom. The molecule has 0 bridgehead atoms. The lowest BCUT2D eigenvalue weighted by atomic mass is 10.1. The molecule has 0 radical (unpaired) electrons. The number of rotatable bonds is 10. The van der Waals surface area contributed by atoms with Gasteiger partial charge in [-0.15, -0.1) is 11.3 Å². The maximum absolute atomic E-state index is 12.6. The van der Waals surface area contributed by atoms with Gasteiger partial charge >= 0.3 is 0 Å². The van der Waals surface area contributed by atoms with E-state index in [1.165, 1.54) is 11.3 Å². The van der Waals surface area contributed by atoms with Crippen molar-refractivity contribution in [2.45, 2.75) is 50.7 Å². The summed E-state index contributed by atoms with van der Waals surface area (Å²) in [6.45, 7) is 5.98. The summed E-state index contributed by atoms with van der Waals surface area (Å²) < 4.78 is 23.1. The summed E-state index contributed by atoms with van der Waals surface area (Å²) in [6, 6.07) is 1.38. The van der Waals surface area contributed by atoms with Gasteiger partial charge in [-0.05, 0) is 56.4 Å². The summed E-state index contributed by atoms with van der Waals surface area (Å²) in [5, 5.41) is 12.5. The van der Waals surface area contributed by atoms with Crippen molar-refractivity contribution >= 4 is 28.4 Å². The molecular weight excluding hydrogens is 426 g/mol. The van der Waals surface area contributed by atoms with Crippen molar-refractivity contribution in [2.24, 2.45) is 16.5 Å². The number of methoxy groups -OCH3 is 1. The Hall–Kier alpha value is -2.05. The zero-order chi connectivity index (χ0) is 22.3. The molecule has 0 amide bonds. The molecule has 1 heterocycles. The average Bonchev–Trinajstić information content (AvgIpc) is 3.26. The quantitative estimate of drug-likeness (QED) is 0.184. The number of thiazole rings is 1. The number of aliphatic hydroxyl groups excluding tert-OH is 1. The minimum Gasteiger partial charge on any atom is -0.496 e. The molecule has 0 saturated carbocycles. The van der Waals surface area contributed by atoms with Gasteiger partial charge in [-0.2, -0.15) is 4.28 Å². The summed E-state index contributed by atoms with van der Waals surface area (Å²) in [4.78, 5) is 8.76. The van der Waals surface area contributed by atoms with E-state index in [1.54, 1.807) is 18.7 Å². The number of aliphatic hydroxyl groups is 1. The number of ether oxygens (including phenoxy) is 1. The SMILES string of the molecule is COc1cc(C)c(S(=O)ONC(N)=NCCCC(N)C(O)c2nccs2)c(C)c1C. The van der Waals surface area contributed by atoms with Crippen molar-refractivity contribution in [3.63, 3.8) is 0 Å². The minimum atomic E-state index is -1.77. The fourth-order valence-corrected chi connectivity index (χ4v) is 4.56. The zero-order valence-corrected chi connectivity index (χ0v) is 19.2.